The molecule has 0 bridgehead atoms. The van der Waals surface area contributed by atoms with Crippen LogP contribution in [0, 0.1) is 11.8 Å². The van der Waals surface area contributed by atoms with E-state index in [0.717, 1.165) is 12.8 Å². The maximum atomic E-state index is 9.16. The summed E-state index contributed by atoms with van der Waals surface area (Å²) in [6, 6.07) is 0. The van der Waals surface area contributed by atoms with Crippen molar-refractivity contribution >= 4 is 0 Å². The highest BCUT2D eigenvalue weighted by Gasteiger charge is 2.54. The Labute approximate surface area is 77.5 Å². The van der Waals surface area contributed by atoms with Gasteiger partial charge in [-0.1, -0.05) is 0 Å². The van der Waals surface area contributed by atoms with Gasteiger partial charge in [-0.2, -0.15) is 0 Å². The van der Waals surface area contributed by atoms with Crippen LogP contribution < -0.4 is 0 Å². The molecule has 4 nitrogen and oxygen atoms in total. The van der Waals surface area contributed by atoms with E-state index in [1.165, 1.54) is 0 Å². The molecule has 2 N–H and O–H groups in total. The Balaban J connectivity index is 2.16. The van der Waals surface area contributed by atoms with Gasteiger partial charge in [-0.05, 0) is 12.8 Å². The summed E-state index contributed by atoms with van der Waals surface area (Å²) in [5.41, 5.74) is 0. The summed E-state index contributed by atoms with van der Waals surface area (Å²) in [6.07, 6.45) is 1.75. The number of rotatable bonds is 2. The smallest absolute Gasteiger partial charge is 0.178 e. The number of aliphatic hydroxyl groups is 2. The lowest BCUT2D eigenvalue weighted by atomic mass is 9.97. The van der Waals surface area contributed by atoms with E-state index in [2.05, 4.69) is 0 Å². The van der Waals surface area contributed by atoms with Crippen LogP contribution in [0.5, 0.6) is 0 Å². The lowest BCUT2D eigenvalue weighted by molar-refractivity contribution is -0.220. The van der Waals surface area contributed by atoms with Gasteiger partial charge in [0.2, 0.25) is 0 Å². The molecule has 1 spiro atoms. The van der Waals surface area contributed by atoms with Crippen molar-refractivity contribution in [2.24, 2.45) is 11.8 Å². The largest absolute Gasteiger partial charge is 0.396 e. The van der Waals surface area contributed by atoms with Crippen LogP contribution in [-0.2, 0) is 9.47 Å². The molecule has 1 aliphatic carbocycles. The van der Waals surface area contributed by atoms with Crippen LogP contribution in [0.1, 0.15) is 12.8 Å². The molecule has 0 aromatic carbocycles. The lowest BCUT2D eigenvalue weighted by Gasteiger charge is -2.32. The van der Waals surface area contributed by atoms with Crippen molar-refractivity contribution in [3.63, 3.8) is 0 Å². The monoisotopic (exact) mass is 188 g/mol. The standard InChI is InChI=1S/C9H16O4/c10-5-7-1-2-8(6-11)9(7)12-3-4-13-9/h7-8,10-11H,1-6H2/t7-,8+. The Kier molecular flexibility index (Phi) is 2.55. The minimum atomic E-state index is -0.677. The molecule has 1 heterocycles. The first-order valence-corrected chi connectivity index (χ1v) is 4.83. The Morgan fingerprint density at radius 2 is 1.46 bits per heavy atom. The van der Waals surface area contributed by atoms with E-state index >= 15 is 0 Å². The Bertz CT molecular complexity index is 162. The third kappa shape index (κ3) is 1.29. The number of hydrogen-bond acceptors (Lipinski definition) is 4. The zero-order valence-corrected chi connectivity index (χ0v) is 7.61. The Morgan fingerprint density at radius 1 is 1.00 bits per heavy atom. The topological polar surface area (TPSA) is 58.9 Å². The molecular formula is C9H16O4. The molecule has 1 aliphatic heterocycles. The molecule has 2 rings (SSSR count). The van der Waals surface area contributed by atoms with E-state index in [9.17, 15) is 0 Å². The van der Waals surface area contributed by atoms with Crippen LogP contribution in [0.3, 0.4) is 0 Å². The molecule has 1 saturated carbocycles. The zero-order valence-electron chi connectivity index (χ0n) is 7.61. The average Bonchev–Trinajstić information content (AvgIpc) is 2.75. The molecule has 1 saturated heterocycles. The van der Waals surface area contributed by atoms with E-state index in [0.29, 0.717) is 13.2 Å². The molecule has 0 radical (unpaired) electrons. The first-order chi connectivity index (χ1) is 6.33. The summed E-state index contributed by atoms with van der Waals surface area (Å²) in [5, 5.41) is 18.3. The minimum absolute atomic E-state index is 0.0344. The highest BCUT2D eigenvalue weighted by atomic mass is 16.7. The quantitative estimate of drug-likeness (QED) is 0.627. The fraction of sp³-hybridized carbons (Fsp3) is 1.00. The molecule has 0 amide bonds. The molecule has 0 aromatic heterocycles. The molecule has 4 heteroatoms. The second-order valence-corrected chi connectivity index (χ2v) is 3.75. The third-order valence-corrected chi connectivity index (χ3v) is 3.18. The van der Waals surface area contributed by atoms with Crippen molar-refractivity contribution in [2.75, 3.05) is 26.4 Å². The fourth-order valence-electron chi connectivity index (χ4n) is 2.49. The normalized spacial score (nSPS) is 37.4. The minimum Gasteiger partial charge on any atom is -0.396 e. The maximum Gasteiger partial charge on any atom is 0.178 e. The van der Waals surface area contributed by atoms with Gasteiger partial charge in [0.15, 0.2) is 5.79 Å². The summed E-state index contributed by atoms with van der Waals surface area (Å²) >= 11 is 0. The second-order valence-electron chi connectivity index (χ2n) is 3.75. The van der Waals surface area contributed by atoms with E-state index in [-0.39, 0.29) is 25.0 Å². The highest BCUT2D eigenvalue weighted by Crippen LogP contribution is 2.46. The van der Waals surface area contributed by atoms with Crippen LogP contribution in [0.25, 0.3) is 0 Å². The summed E-state index contributed by atoms with van der Waals surface area (Å²) in [7, 11) is 0. The third-order valence-electron chi connectivity index (χ3n) is 3.18. The molecule has 13 heavy (non-hydrogen) atoms. The Morgan fingerprint density at radius 3 is 1.85 bits per heavy atom. The van der Waals surface area contributed by atoms with Gasteiger partial charge in [-0.15, -0.1) is 0 Å². The van der Waals surface area contributed by atoms with Crippen LogP contribution in [0.15, 0.2) is 0 Å². The average molecular weight is 188 g/mol. The molecule has 2 aliphatic rings. The predicted octanol–water partition coefficient (Wildman–Crippen LogP) is -0.260. The van der Waals surface area contributed by atoms with Crippen LogP contribution in [0.4, 0.5) is 0 Å². The Hall–Kier alpha value is -0.160. The van der Waals surface area contributed by atoms with Gasteiger partial charge in [0.25, 0.3) is 0 Å². The van der Waals surface area contributed by atoms with Crippen LogP contribution >= 0.6 is 0 Å². The lowest BCUT2D eigenvalue weighted by Crippen LogP contribution is -2.43. The first kappa shape index (κ1) is 9.40. The van der Waals surface area contributed by atoms with Gasteiger partial charge in [0, 0.05) is 11.8 Å². The van der Waals surface area contributed by atoms with E-state index in [1.807, 2.05) is 0 Å². The molecule has 0 unspecified atom stereocenters. The van der Waals surface area contributed by atoms with Crippen molar-refractivity contribution in [1.82, 2.24) is 0 Å². The summed E-state index contributed by atoms with van der Waals surface area (Å²) in [4.78, 5) is 0. The second kappa shape index (κ2) is 3.53. The SMILES string of the molecule is OC[C@@H]1CC[C@H](CO)C12OCCO2. The number of aliphatic hydroxyl groups excluding tert-OH is 2. The van der Waals surface area contributed by atoms with Crippen molar-refractivity contribution < 1.29 is 19.7 Å². The van der Waals surface area contributed by atoms with E-state index in [1.54, 1.807) is 0 Å². The van der Waals surface area contributed by atoms with Gasteiger partial charge in [0.05, 0.1) is 26.4 Å². The molecule has 2 atom stereocenters. The van der Waals surface area contributed by atoms with Crippen molar-refractivity contribution in [2.45, 2.75) is 18.6 Å². The molecule has 2 fully saturated rings. The predicted molar refractivity (Wildman–Crippen MR) is 45.0 cm³/mol. The summed E-state index contributed by atoms with van der Waals surface area (Å²) in [6.45, 7) is 1.31. The zero-order chi connectivity index (χ0) is 9.31. The van der Waals surface area contributed by atoms with Crippen molar-refractivity contribution in [3.8, 4) is 0 Å². The van der Waals surface area contributed by atoms with Crippen molar-refractivity contribution in [1.29, 1.82) is 0 Å². The molecule has 0 aromatic rings. The van der Waals surface area contributed by atoms with Crippen LogP contribution in [-0.4, -0.2) is 42.4 Å². The van der Waals surface area contributed by atoms with E-state index in [4.69, 9.17) is 19.7 Å². The molecule has 76 valence electrons. The van der Waals surface area contributed by atoms with Gasteiger partial charge >= 0.3 is 0 Å². The summed E-state index contributed by atoms with van der Waals surface area (Å²) < 4.78 is 11.1. The van der Waals surface area contributed by atoms with E-state index < -0.39 is 5.79 Å². The number of ether oxygens (including phenoxy) is 2. The van der Waals surface area contributed by atoms with Gasteiger partial charge < -0.3 is 19.7 Å². The fourth-order valence-corrected chi connectivity index (χ4v) is 2.49. The van der Waals surface area contributed by atoms with Crippen LogP contribution in [0.2, 0.25) is 0 Å². The van der Waals surface area contributed by atoms with Gasteiger partial charge in [-0.25, -0.2) is 0 Å². The number of hydrogen-bond donors (Lipinski definition) is 2. The first-order valence-electron chi connectivity index (χ1n) is 4.83. The summed E-state index contributed by atoms with van der Waals surface area (Å²) in [5.74, 6) is -0.608. The molecular weight excluding hydrogens is 172 g/mol. The maximum absolute atomic E-state index is 9.16. The van der Waals surface area contributed by atoms with Crippen molar-refractivity contribution in [3.05, 3.63) is 0 Å². The van der Waals surface area contributed by atoms with Gasteiger partial charge in [0.1, 0.15) is 0 Å². The van der Waals surface area contributed by atoms with Gasteiger partial charge in [-0.3, -0.25) is 0 Å². The highest BCUT2D eigenvalue weighted by molar-refractivity contribution is 4.95.